The Hall–Kier alpha value is -2.42. The van der Waals surface area contributed by atoms with Crippen molar-refractivity contribution < 1.29 is 9.59 Å². The number of nitrogens with zero attached hydrogens (tertiary/aromatic N) is 1. The van der Waals surface area contributed by atoms with Crippen LogP contribution in [0.5, 0.6) is 0 Å². The van der Waals surface area contributed by atoms with Crippen molar-refractivity contribution >= 4 is 17.4 Å². The van der Waals surface area contributed by atoms with Crippen LogP contribution in [0.15, 0.2) is 54.6 Å². The average molecular weight is 263 g/mol. The molecule has 3 nitrogen and oxygen atoms in total. The molecule has 20 heavy (non-hydrogen) atoms. The van der Waals surface area contributed by atoms with Gasteiger partial charge in [-0.3, -0.25) is 9.59 Å². The van der Waals surface area contributed by atoms with Crippen molar-refractivity contribution in [1.82, 2.24) is 0 Å². The van der Waals surface area contributed by atoms with Crippen molar-refractivity contribution in [2.75, 3.05) is 4.90 Å². The van der Waals surface area contributed by atoms with Gasteiger partial charge in [0.15, 0.2) is 5.78 Å². The van der Waals surface area contributed by atoms with Crippen LogP contribution in [0.2, 0.25) is 0 Å². The van der Waals surface area contributed by atoms with Gasteiger partial charge in [-0.05, 0) is 17.7 Å². The van der Waals surface area contributed by atoms with Crippen molar-refractivity contribution in [3.05, 3.63) is 65.7 Å². The summed E-state index contributed by atoms with van der Waals surface area (Å²) < 4.78 is 0. The van der Waals surface area contributed by atoms with Crippen LogP contribution >= 0.6 is 0 Å². The molecule has 0 aromatic heterocycles. The maximum atomic E-state index is 12.4. The van der Waals surface area contributed by atoms with Gasteiger partial charge in [-0.25, -0.2) is 0 Å². The Kier molecular flexibility index (Phi) is 2.30. The molecule has 0 radical (unpaired) electrons. The number of benzene rings is 2. The van der Waals surface area contributed by atoms with E-state index in [0.717, 1.165) is 16.8 Å². The zero-order chi connectivity index (χ0) is 13.7. The highest BCUT2D eigenvalue weighted by atomic mass is 16.2. The van der Waals surface area contributed by atoms with E-state index in [1.54, 1.807) is 4.90 Å². The molecule has 1 saturated heterocycles. The highest BCUT2D eigenvalue weighted by Gasteiger charge is 2.50. The minimum atomic E-state index is -0.222. The van der Waals surface area contributed by atoms with Crippen LogP contribution in [0.3, 0.4) is 0 Å². The molecule has 3 heteroatoms. The lowest BCUT2D eigenvalue weighted by atomic mass is 10.0. The smallest absolute Gasteiger partial charge is 0.228 e. The number of fused-ring (bicyclic) bond motifs is 3. The molecule has 0 N–H and O–H groups in total. The Morgan fingerprint density at radius 2 is 1.60 bits per heavy atom. The second kappa shape index (κ2) is 4.04. The first kappa shape index (κ1) is 11.4. The van der Waals surface area contributed by atoms with E-state index in [1.807, 2.05) is 54.6 Å². The van der Waals surface area contributed by atoms with Gasteiger partial charge >= 0.3 is 0 Å². The number of amides is 1. The molecule has 1 heterocycles. The predicted octanol–water partition coefficient (Wildman–Crippen LogP) is 2.98. The minimum Gasteiger partial charge on any atom is -0.304 e. The fourth-order valence-corrected chi connectivity index (χ4v) is 3.40. The zero-order valence-electron chi connectivity index (χ0n) is 10.8. The molecule has 2 aromatic carbocycles. The molecular formula is C17H13NO2. The fraction of sp³-hybridized carbons (Fsp3) is 0.176. The molecule has 4 rings (SSSR count). The first-order valence-electron chi connectivity index (χ1n) is 6.77. The molecule has 1 amide bonds. The minimum absolute atomic E-state index is 0.0362. The quantitative estimate of drug-likeness (QED) is 0.793. The van der Waals surface area contributed by atoms with Crippen LogP contribution < -0.4 is 4.90 Å². The third kappa shape index (κ3) is 1.40. The molecule has 2 aliphatic rings. The molecule has 2 aromatic rings. The molecule has 2 atom stereocenters. The Labute approximate surface area is 116 Å². The molecule has 0 unspecified atom stereocenters. The van der Waals surface area contributed by atoms with E-state index in [4.69, 9.17) is 0 Å². The van der Waals surface area contributed by atoms with Crippen molar-refractivity contribution in [2.24, 2.45) is 5.92 Å². The second-order valence-electron chi connectivity index (χ2n) is 5.31. The van der Waals surface area contributed by atoms with Crippen LogP contribution in [-0.2, 0) is 4.79 Å². The SMILES string of the molecule is O=C1c2ccccc2[C@H]2[C@H]1CC(=O)N2c1ccccc1. The maximum absolute atomic E-state index is 12.4. The van der Waals surface area contributed by atoms with E-state index in [-0.39, 0.29) is 23.7 Å². The Balaban J connectivity index is 1.87. The summed E-state index contributed by atoms with van der Waals surface area (Å²) in [7, 11) is 0. The number of carbonyl (C=O) groups excluding carboxylic acids is 2. The van der Waals surface area contributed by atoms with Crippen molar-refractivity contribution in [2.45, 2.75) is 12.5 Å². The van der Waals surface area contributed by atoms with Crippen molar-refractivity contribution in [3.63, 3.8) is 0 Å². The van der Waals surface area contributed by atoms with E-state index >= 15 is 0 Å². The number of hydrogen-bond acceptors (Lipinski definition) is 2. The molecule has 0 saturated carbocycles. The van der Waals surface area contributed by atoms with Gasteiger partial charge in [0.05, 0.1) is 12.0 Å². The summed E-state index contributed by atoms with van der Waals surface area (Å²) in [5, 5.41) is 0. The normalized spacial score (nSPS) is 23.9. The standard InChI is InChI=1S/C17H13NO2/c19-15-10-14-16(18(15)11-6-2-1-3-7-11)12-8-4-5-9-13(12)17(14)20/h1-9,14,16H,10H2/t14-,16+/m1/s1. The number of carbonyl (C=O) groups is 2. The number of para-hydroxylation sites is 1. The molecule has 0 bridgehead atoms. The van der Waals surface area contributed by atoms with Crippen LogP contribution in [0.25, 0.3) is 0 Å². The largest absolute Gasteiger partial charge is 0.304 e. The lowest BCUT2D eigenvalue weighted by Gasteiger charge is -2.24. The summed E-state index contributed by atoms with van der Waals surface area (Å²) in [4.78, 5) is 26.5. The zero-order valence-corrected chi connectivity index (χ0v) is 10.8. The molecule has 0 spiro atoms. The summed E-state index contributed by atoms with van der Waals surface area (Å²) in [5.74, 6) is -0.0773. The fourth-order valence-electron chi connectivity index (χ4n) is 3.40. The first-order chi connectivity index (χ1) is 9.77. The topological polar surface area (TPSA) is 37.4 Å². The third-order valence-electron chi connectivity index (χ3n) is 4.24. The van der Waals surface area contributed by atoms with Crippen LogP contribution in [0.4, 0.5) is 5.69 Å². The highest BCUT2D eigenvalue weighted by molar-refractivity contribution is 6.11. The Morgan fingerprint density at radius 3 is 2.40 bits per heavy atom. The second-order valence-corrected chi connectivity index (χ2v) is 5.31. The van der Waals surface area contributed by atoms with Crippen molar-refractivity contribution in [3.8, 4) is 0 Å². The van der Waals surface area contributed by atoms with Gasteiger partial charge in [0, 0.05) is 17.7 Å². The van der Waals surface area contributed by atoms with Crippen molar-refractivity contribution in [1.29, 1.82) is 0 Å². The van der Waals surface area contributed by atoms with Gasteiger partial charge in [-0.2, -0.15) is 0 Å². The van der Waals surface area contributed by atoms with E-state index in [2.05, 4.69) is 0 Å². The highest BCUT2D eigenvalue weighted by Crippen LogP contribution is 2.48. The predicted molar refractivity (Wildman–Crippen MR) is 75.5 cm³/mol. The Bertz CT molecular complexity index is 708. The van der Waals surface area contributed by atoms with Crippen LogP contribution in [0.1, 0.15) is 28.4 Å². The van der Waals surface area contributed by atoms with Gasteiger partial charge in [-0.1, -0.05) is 42.5 Å². The summed E-state index contributed by atoms with van der Waals surface area (Å²) in [5.41, 5.74) is 2.63. The van der Waals surface area contributed by atoms with E-state index < -0.39 is 0 Å². The van der Waals surface area contributed by atoms with Gasteiger partial charge in [0.2, 0.25) is 5.91 Å². The van der Waals surface area contributed by atoms with E-state index in [0.29, 0.717) is 6.42 Å². The third-order valence-corrected chi connectivity index (χ3v) is 4.24. The molecule has 98 valence electrons. The lowest BCUT2D eigenvalue weighted by molar-refractivity contribution is -0.117. The van der Waals surface area contributed by atoms with Crippen LogP contribution in [0, 0.1) is 5.92 Å². The first-order valence-corrected chi connectivity index (χ1v) is 6.77. The summed E-state index contributed by atoms with van der Waals surface area (Å²) in [6, 6.07) is 17.1. The van der Waals surface area contributed by atoms with Gasteiger partial charge in [0.25, 0.3) is 0 Å². The number of anilines is 1. The van der Waals surface area contributed by atoms with Gasteiger partial charge in [-0.15, -0.1) is 0 Å². The monoisotopic (exact) mass is 263 g/mol. The summed E-state index contributed by atoms with van der Waals surface area (Å²) >= 11 is 0. The lowest BCUT2D eigenvalue weighted by Crippen LogP contribution is -2.27. The number of Topliss-reactive ketones (excluding diaryl/α,β-unsaturated/α-hetero) is 1. The molecule has 1 aliphatic carbocycles. The number of rotatable bonds is 1. The van der Waals surface area contributed by atoms with E-state index in [9.17, 15) is 9.59 Å². The number of hydrogen-bond donors (Lipinski definition) is 0. The summed E-state index contributed by atoms with van der Waals surface area (Å²) in [6.07, 6.45) is 0.313. The molecule has 1 aliphatic heterocycles. The van der Waals surface area contributed by atoms with Crippen LogP contribution in [-0.4, -0.2) is 11.7 Å². The van der Waals surface area contributed by atoms with Gasteiger partial charge in [0.1, 0.15) is 0 Å². The average Bonchev–Trinajstić information content (AvgIpc) is 2.96. The maximum Gasteiger partial charge on any atom is 0.228 e. The number of ketones is 1. The molecular weight excluding hydrogens is 250 g/mol. The van der Waals surface area contributed by atoms with E-state index in [1.165, 1.54) is 0 Å². The summed E-state index contributed by atoms with van der Waals surface area (Å²) in [6.45, 7) is 0. The molecule has 1 fully saturated rings. The van der Waals surface area contributed by atoms with Gasteiger partial charge < -0.3 is 4.90 Å². The Morgan fingerprint density at radius 1 is 0.900 bits per heavy atom.